The summed E-state index contributed by atoms with van der Waals surface area (Å²) in [6.45, 7) is 4.98. The zero-order chi connectivity index (χ0) is 15.1. The fourth-order valence-electron chi connectivity index (χ4n) is 2.29. The minimum atomic E-state index is -0.284. The maximum atomic E-state index is 12.0. The Morgan fingerprint density at radius 3 is 2.90 bits per heavy atom. The van der Waals surface area contributed by atoms with Crippen LogP contribution in [0, 0.1) is 0 Å². The lowest BCUT2D eigenvalue weighted by Crippen LogP contribution is -2.38. The Kier molecular flexibility index (Phi) is 5.83. The normalized spacial score (nSPS) is 15.7. The van der Waals surface area contributed by atoms with Crippen molar-refractivity contribution in [3.63, 3.8) is 0 Å². The maximum absolute atomic E-state index is 12.0. The van der Waals surface area contributed by atoms with Crippen molar-refractivity contribution in [2.45, 2.75) is 6.42 Å². The van der Waals surface area contributed by atoms with Crippen LogP contribution in [0.2, 0.25) is 0 Å². The molecule has 1 aliphatic heterocycles. The third kappa shape index (κ3) is 4.34. The van der Waals surface area contributed by atoms with Crippen molar-refractivity contribution >= 4 is 5.91 Å². The number of carbonyl (C=O) groups is 1. The number of benzene rings is 1. The fraction of sp³-hybridized carbons (Fsp3) is 0.533. The molecule has 1 aromatic carbocycles. The van der Waals surface area contributed by atoms with E-state index in [9.17, 15) is 9.90 Å². The van der Waals surface area contributed by atoms with Crippen molar-refractivity contribution in [2.24, 2.45) is 0 Å². The zero-order valence-electron chi connectivity index (χ0n) is 12.3. The summed E-state index contributed by atoms with van der Waals surface area (Å²) in [7, 11) is 1.46. The van der Waals surface area contributed by atoms with Gasteiger partial charge >= 0.3 is 0 Å². The Bertz CT molecular complexity index is 473. The molecule has 6 nitrogen and oxygen atoms in total. The van der Waals surface area contributed by atoms with E-state index in [4.69, 9.17) is 9.47 Å². The second kappa shape index (κ2) is 7.85. The van der Waals surface area contributed by atoms with Crippen molar-refractivity contribution in [3.8, 4) is 11.5 Å². The Morgan fingerprint density at radius 1 is 1.43 bits per heavy atom. The van der Waals surface area contributed by atoms with Crippen LogP contribution in [0.15, 0.2) is 18.2 Å². The third-order valence-electron chi connectivity index (χ3n) is 3.50. The van der Waals surface area contributed by atoms with Gasteiger partial charge in [-0.1, -0.05) is 6.07 Å². The number of ether oxygens (including phenoxy) is 2. The summed E-state index contributed by atoms with van der Waals surface area (Å²) in [4.78, 5) is 14.3. The smallest absolute Gasteiger partial charge is 0.255 e. The number of phenols is 1. The number of hydrogen-bond donors (Lipinski definition) is 2. The number of nitrogens with zero attached hydrogens (tertiary/aromatic N) is 1. The molecule has 1 aliphatic rings. The molecule has 1 aromatic rings. The first kappa shape index (κ1) is 15.6. The highest BCUT2D eigenvalue weighted by Gasteiger charge is 2.14. The molecule has 0 aromatic heterocycles. The fourth-order valence-corrected chi connectivity index (χ4v) is 2.29. The molecule has 0 bridgehead atoms. The highest BCUT2D eigenvalue weighted by molar-refractivity contribution is 5.97. The first-order valence-electron chi connectivity index (χ1n) is 7.16. The van der Waals surface area contributed by atoms with Crippen molar-refractivity contribution in [1.29, 1.82) is 0 Å². The number of amides is 1. The molecule has 0 aliphatic carbocycles. The van der Waals surface area contributed by atoms with E-state index in [1.54, 1.807) is 18.2 Å². The molecule has 1 amide bonds. The van der Waals surface area contributed by atoms with E-state index >= 15 is 0 Å². The quantitative estimate of drug-likeness (QED) is 0.761. The molecule has 0 spiro atoms. The predicted molar refractivity (Wildman–Crippen MR) is 78.9 cm³/mol. The Hall–Kier alpha value is -1.79. The number of carbonyl (C=O) groups excluding carboxylic acids is 1. The number of aromatic hydroxyl groups is 1. The lowest BCUT2D eigenvalue weighted by molar-refractivity contribution is 0.0374. The van der Waals surface area contributed by atoms with Crippen molar-refractivity contribution < 1.29 is 19.4 Å². The van der Waals surface area contributed by atoms with Gasteiger partial charge in [-0.05, 0) is 25.1 Å². The number of morpholine rings is 1. The summed E-state index contributed by atoms with van der Waals surface area (Å²) in [5.41, 5.74) is 0.237. The topological polar surface area (TPSA) is 71.0 Å². The van der Waals surface area contributed by atoms with Gasteiger partial charge in [0.1, 0.15) is 0 Å². The van der Waals surface area contributed by atoms with E-state index < -0.39 is 0 Å². The van der Waals surface area contributed by atoms with Crippen LogP contribution in [0.25, 0.3) is 0 Å². The molecule has 6 heteroatoms. The van der Waals surface area contributed by atoms with E-state index in [0.717, 1.165) is 39.3 Å². The van der Waals surface area contributed by atoms with Gasteiger partial charge in [-0.25, -0.2) is 0 Å². The summed E-state index contributed by atoms with van der Waals surface area (Å²) in [6, 6.07) is 4.88. The number of nitrogens with one attached hydrogen (secondary N) is 1. The molecule has 2 rings (SSSR count). The monoisotopic (exact) mass is 294 g/mol. The van der Waals surface area contributed by atoms with E-state index in [1.807, 2.05) is 0 Å². The van der Waals surface area contributed by atoms with Crippen LogP contribution in [0.3, 0.4) is 0 Å². The minimum absolute atomic E-state index is 0.120. The van der Waals surface area contributed by atoms with Gasteiger partial charge in [-0.15, -0.1) is 0 Å². The lowest BCUT2D eigenvalue weighted by atomic mass is 10.1. The third-order valence-corrected chi connectivity index (χ3v) is 3.50. The summed E-state index contributed by atoms with van der Waals surface area (Å²) in [5, 5.41) is 12.7. The summed E-state index contributed by atoms with van der Waals surface area (Å²) in [6.07, 6.45) is 0.871. The molecule has 21 heavy (non-hydrogen) atoms. The van der Waals surface area contributed by atoms with Gasteiger partial charge in [-0.2, -0.15) is 0 Å². The van der Waals surface area contributed by atoms with E-state index in [0.29, 0.717) is 12.3 Å². The molecule has 1 heterocycles. The molecule has 2 N–H and O–H groups in total. The SMILES string of the molecule is COc1cccc(C(=O)NCCCN2CCOCC2)c1O. The average molecular weight is 294 g/mol. The van der Waals surface area contributed by atoms with Crippen molar-refractivity contribution in [2.75, 3.05) is 46.5 Å². The van der Waals surface area contributed by atoms with Crippen LogP contribution in [0.4, 0.5) is 0 Å². The van der Waals surface area contributed by atoms with Gasteiger partial charge in [0.25, 0.3) is 5.91 Å². The van der Waals surface area contributed by atoms with Crippen LogP contribution in [-0.4, -0.2) is 62.4 Å². The Morgan fingerprint density at radius 2 is 2.19 bits per heavy atom. The van der Waals surface area contributed by atoms with Crippen LogP contribution in [0.1, 0.15) is 16.8 Å². The molecule has 1 saturated heterocycles. The molecule has 0 radical (unpaired) electrons. The number of rotatable bonds is 6. The molecule has 0 saturated carbocycles. The second-order valence-electron chi connectivity index (χ2n) is 4.92. The predicted octanol–water partition coefficient (Wildman–Crippen LogP) is 0.853. The number of methoxy groups -OCH3 is 1. The highest BCUT2D eigenvalue weighted by atomic mass is 16.5. The first-order valence-corrected chi connectivity index (χ1v) is 7.16. The Labute approximate surface area is 124 Å². The average Bonchev–Trinajstić information content (AvgIpc) is 2.52. The summed E-state index contributed by atoms with van der Waals surface area (Å²) < 4.78 is 10.3. The van der Waals surface area contributed by atoms with Crippen LogP contribution < -0.4 is 10.1 Å². The van der Waals surface area contributed by atoms with E-state index in [-0.39, 0.29) is 17.2 Å². The second-order valence-corrected chi connectivity index (χ2v) is 4.92. The maximum Gasteiger partial charge on any atom is 0.255 e. The Balaban J connectivity index is 1.76. The molecule has 1 fully saturated rings. The van der Waals surface area contributed by atoms with Crippen LogP contribution in [-0.2, 0) is 4.74 Å². The van der Waals surface area contributed by atoms with Crippen molar-refractivity contribution in [3.05, 3.63) is 23.8 Å². The molecular weight excluding hydrogens is 272 g/mol. The van der Waals surface area contributed by atoms with E-state index in [1.165, 1.54) is 7.11 Å². The first-order chi connectivity index (χ1) is 10.2. The minimum Gasteiger partial charge on any atom is -0.504 e. The van der Waals surface area contributed by atoms with Gasteiger partial charge in [0.05, 0.1) is 25.9 Å². The van der Waals surface area contributed by atoms with E-state index in [2.05, 4.69) is 10.2 Å². The molecule has 116 valence electrons. The standard InChI is InChI=1S/C15H22N2O4/c1-20-13-5-2-4-12(14(13)18)15(19)16-6-3-7-17-8-10-21-11-9-17/h2,4-5,18H,3,6-11H2,1H3,(H,16,19). The highest BCUT2D eigenvalue weighted by Crippen LogP contribution is 2.29. The molecule has 0 unspecified atom stereocenters. The van der Waals surface area contributed by atoms with Crippen LogP contribution in [0.5, 0.6) is 11.5 Å². The van der Waals surface area contributed by atoms with Gasteiger partial charge < -0.3 is 19.9 Å². The number of para-hydroxylation sites is 1. The summed E-state index contributed by atoms with van der Waals surface area (Å²) in [5.74, 6) is -0.102. The van der Waals surface area contributed by atoms with Gasteiger partial charge in [0, 0.05) is 19.6 Å². The molecule has 0 atom stereocenters. The van der Waals surface area contributed by atoms with Gasteiger partial charge in [-0.3, -0.25) is 9.69 Å². The zero-order valence-corrected chi connectivity index (χ0v) is 12.3. The van der Waals surface area contributed by atoms with Crippen molar-refractivity contribution in [1.82, 2.24) is 10.2 Å². The number of phenolic OH excluding ortho intramolecular Hbond substituents is 1. The van der Waals surface area contributed by atoms with Gasteiger partial charge in [0.15, 0.2) is 11.5 Å². The lowest BCUT2D eigenvalue weighted by Gasteiger charge is -2.26. The largest absolute Gasteiger partial charge is 0.504 e. The summed E-state index contributed by atoms with van der Waals surface area (Å²) >= 11 is 0. The van der Waals surface area contributed by atoms with Gasteiger partial charge in [0.2, 0.25) is 0 Å². The molecular formula is C15H22N2O4. The van der Waals surface area contributed by atoms with Crippen LogP contribution >= 0.6 is 0 Å². The number of hydrogen-bond acceptors (Lipinski definition) is 5.